The lowest BCUT2D eigenvalue weighted by Gasteiger charge is -2.47. The van der Waals surface area contributed by atoms with Crippen molar-refractivity contribution in [1.82, 2.24) is 4.90 Å². The molecule has 0 spiro atoms. The lowest BCUT2D eigenvalue weighted by molar-refractivity contribution is -0.137. The third-order valence-corrected chi connectivity index (χ3v) is 5.74. The lowest BCUT2D eigenvalue weighted by atomic mass is 9.62. The van der Waals surface area contributed by atoms with Gasteiger partial charge < -0.3 is 0 Å². The van der Waals surface area contributed by atoms with E-state index in [-0.39, 0.29) is 21.8 Å². The summed E-state index contributed by atoms with van der Waals surface area (Å²) >= 11 is 0. The van der Waals surface area contributed by atoms with Crippen molar-refractivity contribution < 1.29 is 4.79 Å². The number of Topliss-reactive ketones (excluding diaryl/α,β-unsaturated/α-hetero) is 1. The summed E-state index contributed by atoms with van der Waals surface area (Å²) in [4.78, 5) is 15.4. The predicted molar refractivity (Wildman–Crippen MR) is 101 cm³/mol. The molecule has 0 aromatic rings. The van der Waals surface area contributed by atoms with Gasteiger partial charge in [-0.2, -0.15) is 0 Å². The number of carbonyl (C=O) groups is 1. The van der Waals surface area contributed by atoms with E-state index in [1.54, 1.807) is 0 Å². The molecule has 0 aromatic heterocycles. The molecule has 1 rings (SSSR count). The molecule has 0 saturated carbocycles. The van der Waals surface area contributed by atoms with Crippen molar-refractivity contribution in [1.29, 1.82) is 0 Å². The second kappa shape index (κ2) is 6.50. The molecule has 0 radical (unpaired) electrons. The number of rotatable bonds is 4. The van der Waals surface area contributed by atoms with Crippen LogP contribution in [-0.4, -0.2) is 29.3 Å². The van der Waals surface area contributed by atoms with Crippen molar-refractivity contribution in [3.63, 3.8) is 0 Å². The van der Waals surface area contributed by atoms with Gasteiger partial charge in [-0.25, -0.2) is 0 Å². The van der Waals surface area contributed by atoms with Crippen LogP contribution in [0.3, 0.4) is 0 Å². The first-order valence-corrected chi connectivity index (χ1v) is 9.37. The maximum atomic E-state index is 12.8. The standard InChI is InChI=1S/C21H41NO/c1-18(2,3)17(23)21(9,10)15-20(7,8)16-11-13-22(14-12-16)19(4,5)6/h16H,11-15H2,1-10H3. The number of hydrogen-bond donors (Lipinski definition) is 0. The fraction of sp³-hybridized carbons (Fsp3) is 0.952. The zero-order valence-electron chi connectivity index (χ0n) is 17.5. The summed E-state index contributed by atoms with van der Waals surface area (Å²) in [5, 5.41) is 0. The first-order valence-electron chi connectivity index (χ1n) is 9.37. The van der Waals surface area contributed by atoms with Crippen molar-refractivity contribution >= 4 is 5.78 Å². The van der Waals surface area contributed by atoms with Crippen molar-refractivity contribution in [2.75, 3.05) is 13.1 Å². The second-order valence-electron chi connectivity index (χ2n) is 11.1. The Labute approximate surface area is 145 Å². The van der Waals surface area contributed by atoms with Gasteiger partial charge in [0.2, 0.25) is 0 Å². The average Bonchev–Trinajstić information content (AvgIpc) is 2.34. The first-order chi connectivity index (χ1) is 10.1. The third-order valence-electron chi connectivity index (χ3n) is 5.74. The molecular weight excluding hydrogens is 282 g/mol. The Bertz CT molecular complexity index is 412. The molecule has 0 unspecified atom stereocenters. The van der Waals surface area contributed by atoms with Gasteiger partial charge in [-0.05, 0) is 64.5 Å². The van der Waals surface area contributed by atoms with E-state index >= 15 is 0 Å². The topological polar surface area (TPSA) is 20.3 Å². The van der Waals surface area contributed by atoms with Crippen molar-refractivity contribution in [3.05, 3.63) is 0 Å². The first kappa shape index (κ1) is 20.7. The highest BCUT2D eigenvalue weighted by Crippen LogP contribution is 2.46. The van der Waals surface area contributed by atoms with Gasteiger partial charge in [-0.3, -0.25) is 9.69 Å². The summed E-state index contributed by atoms with van der Waals surface area (Å²) in [7, 11) is 0. The lowest BCUT2D eigenvalue weighted by Crippen LogP contribution is -2.49. The third kappa shape index (κ3) is 5.31. The highest BCUT2D eigenvalue weighted by Gasteiger charge is 2.43. The number of carbonyl (C=O) groups excluding carboxylic acids is 1. The molecule has 1 fully saturated rings. The SMILES string of the molecule is CC(C)(C)C(=O)C(C)(C)CC(C)(C)C1CCN(C(C)(C)C)CC1. The maximum absolute atomic E-state index is 12.8. The van der Waals surface area contributed by atoms with Crippen LogP contribution in [0.1, 0.15) is 88.5 Å². The van der Waals surface area contributed by atoms with Gasteiger partial charge >= 0.3 is 0 Å². The van der Waals surface area contributed by atoms with E-state index in [1.165, 1.54) is 25.9 Å². The summed E-state index contributed by atoms with van der Waals surface area (Å²) in [5.74, 6) is 1.11. The van der Waals surface area contributed by atoms with Gasteiger partial charge in [-0.1, -0.05) is 48.5 Å². The van der Waals surface area contributed by atoms with E-state index in [0.717, 1.165) is 6.42 Å². The predicted octanol–water partition coefficient (Wildman–Crippen LogP) is 5.55. The molecule has 136 valence electrons. The summed E-state index contributed by atoms with van der Waals surface area (Å²) in [6.07, 6.45) is 3.49. The molecule has 0 bridgehead atoms. The Kier molecular flexibility index (Phi) is 5.84. The van der Waals surface area contributed by atoms with Crippen LogP contribution in [0.2, 0.25) is 0 Å². The zero-order valence-corrected chi connectivity index (χ0v) is 17.5. The fourth-order valence-corrected chi connectivity index (χ4v) is 4.71. The Hall–Kier alpha value is -0.370. The normalized spacial score (nSPS) is 19.9. The molecule has 1 heterocycles. The molecule has 2 nitrogen and oxygen atoms in total. The molecule has 1 aliphatic heterocycles. The molecule has 23 heavy (non-hydrogen) atoms. The molecular formula is C21H41NO. The van der Waals surface area contributed by atoms with Crippen LogP contribution >= 0.6 is 0 Å². The van der Waals surface area contributed by atoms with E-state index in [2.05, 4.69) is 53.4 Å². The quantitative estimate of drug-likeness (QED) is 0.675. The van der Waals surface area contributed by atoms with Crippen LogP contribution in [0.25, 0.3) is 0 Å². The molecule has 0 N–H and O–H groups in total. The van der Waals surface area contributed by atoms with Crippen molar-refractivity contribution in [2.24, 2.45) is 22.2 Å². The van der Waals surface area contributed by atoms with Crippen LogP contribution in [0, 0.1) is 22.2 Å². The van der Waals surface area contributed by atoms with E-state index in [0.29, 0.717) is 11.7 Å². The average molecular weight is 324 g/mol. The molecule has 1 aliphatic rings. The Morgan fingerprint density at radius 2 is 1.30 bits per heavy atom. The number of likely N-dealkylation sites (tertiary alicyclic amines) is 1. The van der Waals surface area contributed by atoms with Crippen molar-refractivity contribution in [2.45, 2.75) is 94.0 Å². The number of ketones is 1. The fourth-order valence-electron chi connectivity index (χ4n) is 4.71. The van der Waals surface area contributed by atoms with Gasteiger partial charge in [0.05, 0.1) is 0 Å². The molecule has 2 heteroatoms. The summed E-state index contributed by atoms with van der Waals surface area (Å²) in [6, 6.07) is 0. The monoisotopic (exact) mass is 323 g/mol. The van der Waals surface area contributed by atoms with Gasteiger partial charge in [0, 0.05) is 16.4 Å². The molecule has 0 atom stereocenters. The Morgan fingerprint density at radius 1 is 0.870 bits per heavy atom. The molecule has 0 amide bonds. The van der Waals surface area contributed by atoms with Crippen LogP contribution < -0.4 is 0 Å². The Balaban J connectivity index is 2.75. The number of nitrogens with zero attached hydrogens (tertiary/aromatic N) is 1. The zero-order chi connectivity index (χ0) is 18.3. The Morgan fingerprint density at radius 3 is 1.65 bits per heavy atom. The highest BCUT2D eigenvalue weighted by atomic mass is 16.1. The minimum Gasteiger partial charge on any atom is -0.299 e. The minimum absolute atomic E-state index is 0.217. The summed E-state index contributed by atoms with van der Waals surface area (Å²) in [5.41, 5.74) is -0.0109. The van der Waals surface area contributed by atoms with E-state index in [1.807, 2.05) is 20.8 Å². The van der Waals surface area contributed by atoms with E-state index < -0.39 is 0 Å². The van der Waals surface area contributed by atoms with Gasteiger partial charge in [0.1, 0.15) is 5.78 Å². The van der Waals surface area contributed by atoms with Gasteiger partial charge in [0.15, 0.2) is 0 Å². The second-order valence-corrected chi connectivity index (χ2v) is 11.1. The summed E-state index contributed by atoms with van der Waals surface area (Å²) in [6.45, 7) is 24.5. The largest absolute Gasteiger partial charge is 0.299 e. The number of hydrogen-bond acceptors (Lipinski definition) is 2. The smallest absolute Gasteiger partial charge is 0.143 e. The maximum Gasteiger partial charge on any atom is 0.143 e. The minimum atomic E-state index is -0.255. The van der Waals surface area contributed by atoms with Crippen LogP contribution in [0.4, 0.5) is 0 Å². The molecule has 1 saturated heterocycles. The van der Waals surface area contributed by atoms with E-state index in [4.69, 9.17) is 0 Å². The van der Waals surface area contributed by atoms with Crippen LogP contribution in [0.15, 0.2) is 0 Å². The van der Waals surface area contributed by atoms with Gasteiger partial charge in [0.25, 0.3) is 0 Å². The van der Waals surface area contributed by atoms with Crippen LogP contribution in [0.5, 0.6) is 0 Å². The highest BCUT2D eigenvalue weighted by molar-refractivity contribution is 5.88. The molecule has 0 aliphatic carbocycles. The van der Waals surface area contributed by atoms with Gasteiger partial charge in [-0.15, -0.1) is 0 Å². The number of piperidine rings is 1. The van der Waals surface area contributed by atoms with Crippen LogP contribution in [-0.2, 0) is 4.79 Å². The molecule has 0 aromatic carbocycles. The summed E-state index contributed by atoms with van der Waals surface area (Å²) < 4.78 is 0. The van der Waals surface area contributed by atoms with E-state index in [9.17, 15) is 4.79 Å². The van der Waals surface area contributed by atoms with Crippen molar-refractivity contribution in [3.8, 4) is 0 Å².